The molecule has 4 rings (SSSR count). The molecule has 1 fully saturated rings. The van der Waals surface area contributed by atoms with Gasteiger partial charge in [-0.2, -0.15) is 0 Å². The quantitative estimate of drug-likeness (QED) is 0.708. The van der Waals surface area contributed by atoms with Crippen LogP contribution >= 0.6 is 11.3 Å². The van der Waals surface area contributed by atoms with E-state index in [-0.39, 0.29) is 17.7 Å². The predicted octanol–water partition coefficient (Wildman–Crippen LogP) is 3.93. The van der Waals surface area contributed by atoms with Crippen molar-refractivity contribution in [1.82, 2.24) is 15.2 Å². The Balaban J connectivity index is 1.40. The summed E-state index contributed by atoms with van der Waals surface area (Å²) in [5, 5.41) is 3.71. The van der Waals surface area contributed by atoms with Crippen LogP contribution < -0.4 is 5.32 Å². The molecule has 0 unspecified atom stereocenters. The van der Waals surface area contributed by atoms with E-state index in [1.54, 1.807) is 28.4 Å². The van der Waals surface area contributed by atoms with Crippen molar-refractivity contribution in [2.45, 2.75) is 26.2 Å². The normalized spacial score (nSPS) is 15.1. The third-order valence-corrected chi connectivity index (χ3v) is 6.07. The Labute approximate surface area is 167 Å². The number of amides is 2. The van der Waals surface area contributed by atoms with Crippen LogP contribution in [0.4, 0.5) is 0 Å². The summed E-state index contributed by atoms with van der Waals surface area (Å²) in [5.74, 6) is 0.900. The number of carbonyl (C=O) groups excluding carboxylic acids is 2. The molecule has 0 aliphatic carbocycles. The highest BCUT2D eigenvalue weighted by molar-refractivity contribution is 7.21. The zero-order valence-corrected chi connectivity index (χ0v) is 16.6. The minimum atomic E-state index is -0.125. The lowest BCUT2D eigenvalue weighted by molar-refractivity contribution is -0.126. The van der Waals surface area contributed by atoms with Gasteiger partial charge in [0.2, 0.25) is 5.91 Å². The first-order valence-corrected chi connectivity index (χ1v) is 10.5. The monoisotopic (exact) mass is 397 g/mol. The number of aromatic nitrogens is 1. The molecule has 0 atom stereocenters. The number of rotatable bonds is 5. The van der Waals surface area contributed by atoms with Gasteiger partial charge in [-0.05, 0) is 43.5 Å². The van der Waals surface area contributed by atoms with E-state index in [2.05, 4.69) is 10.3 Å². The van der Waals surface area contributed by atoms with Gasteiger partial charge in [0.1, 0.15) is 0 Å². The molecule has 0 spiro atoms. The summed E-state index contributed by atoms with van der Waals surface area (Å²) >= 11 is 1.55. The molecule has 0 saturated carbocycles. The van der Waals surface area contributed by atoms with E-state index in [4.69, 9.17) is 4.42 Å². The lowest BCUT2D eigenvalue weighted by Crippen LogP contribution is -2.43. The number of furan rings is 1. The topological polar surface area (TPSA) is 75.4 Å². The van der Waals surface area contributed by atoms with Gasteiger partial charge in [-0.15, -0.1) is 11.3 Å². The molecule has 1 N–H and O–H groups in total. The van der Waals surface area contributed by atoms with Crippen molar-refractivity contribution in [3.8, 4) is 10.8 Å². The second kappa shape index (κ2) is 8.14. The summed E-state index contributed by atoms with van der Waals surface area (Å²) < 4.78 is 6.91. The molecule has 6 nitrogen and oxygen atoms in total. The molecular weight excluding hydrogens is 374 g/mol. The van der Waals surface area contributed by atoms with Crippen molar-refractivity contribution in [1.29, 1.82) is 0 Å². The van der Waals surface area contributed by atoms with Crippen LogP contribution in [0.3, 0.4) is 0 Å². The van der Waals surface area contributed by atoms with Crippen LogP contribution in [0.25, 0.3) is 21.0 Å². The van der Waals surface area contributed by atoms with E-state index in [9.17, 15) is 9.59 Å². The summed E-state index contributed by atoms with van der Waals surface area (Å²) in [6, 6.07) is 11.4. The van der Waals surface area contributed by atoms with E-state index >= 15 is 0 Å². The third kappa shape index (κ3) is 3.80. The summed E-state index contributed by atoms with van der Waals surface area (Å²) in [6.45, 7) is 3.88. The number of benzene rings is 1. The fourth-order valence-corrected chi connectivity index (χ4v) is 4.37. The van der Waals surface area contributed by atoms with Crippen LogP contribution in [0.1, 0.15) is 36.7 Å². The number of piperidine rings is 1. The summed E-state index contributed by atoms with van der Waals surface area (Å²) in [6.07, 6.45) is 2.30. The number of carbonyl (C=O) groups is 2. The highest BCUT2D eigenvalue weighted by Gasteiger charge is 2.29. The standard InChI is InChI=1S/C21H23N3O3S/c1-2-11-22-19(25)14-9-12-24(13-10-14)21(26)17-8-7-16(27-17)20-23-15-5-3-4-6-18(15)28-20/h3-8,14H,2,9-13H2,1H3,(H,22,25). The smallest absolute Gasteiger partial charge is 0.289 e. The number of fused-ring (bicyclic) bond motifs is 1. The van der Waals surface area contributed by atoms with E-state index in [1.165, 1.54) is 0 Å². The number of para-hydroxylation sites is 1. The van der Waals surface area contributed by atoms with Crippen LogP contribution in [0, 0.1) is 5.92 Å². The van der Waals surface area contributed by atoms with E-state index in [0.29, 0.717) is 44.0 Å². The van der Waals surface area contributed by atoms with Crippen LogP contribution in [0.15, 0.2) is 40.8 Å². The van der Waals surface area contributed by atoms with Gasteiger partial charge in [-0.25, -0.2) is 4.98 Å². The van der Waals surface area contributed by atoms with Gasteiger partial charge in [-0.1, -0.05) is 19.1 Å². The van der Waals surface area contributed by atoms with Gasteiger partial charge >= 0.3 is 0 Å². The Morgan fingerprint density at radius 3 is 2.75 bits per heavy atom. The second-order valence-electron chi connectivity index (χ2n) is 7.01. The van der Waals surface area contributed by atoms with Crippen molar-refractivity contribution in [2.75, 3.05) is 19.6 Å². The molecule has 7 heteroatoms. The number of likely N-dealkylation sites (tertiary alicyclic amines) is 1. The van der Waals surface area contributed by atoms with E-state index in [1.807, 2.05) is 31.2 Å². The molecule has 1 aliphatic heterocycles. The Bertz CT molecular complexity index is 953. The summed E-state index contributed by atoms with van der Waals surface area (Å²) in [4.78, 5) is 31.2. The van der Waals surface area contributed by atoms with E-state index < -0.39 is 0 Å². The Hall–Kier alpha value is -2.67. The van der Waals surface area contributed by atoms with Crippen molar-refractivity contribution in [2.24, 2.45) is 5.92 Å². The molecule has 0 bridgehead atoms. The van der Waals surface area contributed by atoms with Crippen molar-refractivity contribution < 1.29 is 14.0 Å². The summed E-state index contributed by atoms with van der Waals surface area (Å²) in [5.41, 5.74) is 0.926. The average Bonchev–Trinajstić information content (AvgIpc) is 3.38. The van der Waals surface area contributed by atoms with Crippen LogP contribution in [-0.2, 0) is 4.79 Å². The molecule has 3 heterocycles. The van der Waals surface area contributed by atoms with Gasteiger partial charge in [0.25, 0.3) is 5.91 Å². The maximum absolute atomic E-state index is 12.8. The Kier molecular flexibility index (Phi) is 5.43. The fourth-order valence-electron chi connectivity index (χ4n) is 3.44. The third-order valence-electron chi connectivity index (χ3n) is 5.02. The van der Waals surface area contributed by atoms with Crippen molar-refractivity contribution in [3.05, 3.63) is 42.2 Å². The van der Waals surface area contributed by atoms with Crippen LogP contribution in [0.5, 0.6) is 0 Å². The second-order valence-corrected chi connectivity index (χ2v) is 8.04. The minimum Gasteiger partial charge on any atom is -0.448 e. The first-order valence-electron chi connectivity index (χ1n) is 9.68. The Morgan fingerprint density at radius 2 is 2.00 bits per heavy atom. The van der Waals surface area contributed by atoms with Gasteiger partial charge in [0.05, 0.1) is 10.2 Å². The highest BCUT2D eigenvalue weighted by Crippen LogP contribution is 2.31. The molecule has 0 radical (unpaired) electrons. The molecule has 1 aromatic carbocycles. The molecule has 2 amide bonds. The maximum Gasteiger partial charge on any atom is 0.289 e. The molecule has 1 saturated heterocycles. The Morgan fingerprint density at radius 1 is 1.21 bits per heavy atom. The van der Waals surface area contributed by atoms with Crippen molar-refractivity contribution in [3.63, 3.8) is 0 Å². The molecule has 1 aliphatic rings. The largest absolute Gasteiger partial charge is 0.448 e. The number of hydrogen-bond donors (Lipinski definition) is 1. The van der Waals surface area contributed by atoms with E-state index in [0.717, 1.165) is 21.6 Å². The van der Waals surface area contributed by atoms with Crippen LogP contribution in [0.2, 0.25) is 0 Å². The SMILES string of the molecule is CCCNC(=O)C1CCN(C(=O)c2ccc(-c3nc4ccccc4s3)o2)CC1. The molecule has 3 aromatic rings. The molecule has 146 valence electrons. The average molecular weight is 398 g/mol. The van der Waals surface area contributed by atoms with Crippen LogP contribution in [-0.4, -0.2) is 41.3 Å². The number of nitrogens with one attached hydrogen (secondary N) is 1. The van der Waals surface area contributed by atoms with Gasteiger partial charge in [0, 0.05) is 25.6 Å². The van der Waals surface area contributed by atoms with Gasteiger partial charge < -0.3 is 14.6 Å². The van der Waals surface area contributed by atoms with Crippen molar-refractivity contribution >= 4 is 33.4 Å². The lowest BCUT2D eigenvalue weighted by atomic mass is 9.95. The van der Waals surface area contributed by atoms with Gasteiger partial charge in [-0.3, -0.25) is 9.59 Å². The number of thiazole rings is 1. The predicted molar refractivity (Wildman–Crippen MR) is 109 cm³/mol. The number of hydrogen-bond acceptors (Lipinski definition) is 5. The summed E-state index contributed by atoms with van der Waals surface area (Å²) in [7, 11) is 0. The maximum atomic E-state index is 12.8. The lowest BCUT2D eigenvalue weighted by Gasteiger charge is -2.30. The molecular formula is C21H23N3O3S. The first kappa shape index (κ1) is 18.7. The van der Waals surface area contributed by atoms with Gasteiger partial charge in [0.15, 0.2) is 16.5 Å². The first-order chi connectivity index (χ1) is 13.7. The zero-order valence-electron chi connectivity index (χ0n) is 15.8. The molecule has 2 aromatic heterocycles. The fraction of sp³-hybridized carbons (Fsp3) is 0.381. The number of nitrogens with zero attached hydrogens (tertiary/aromatic N) is 2. The zero-order chi connectivity index (χ0) is 19.5. The molecule has 28 heavy (non-hydrogen) atoms. The minimum absolute atomic E-state index is 0.00879. The highest BCUT2D eigenvalue weighted by atomic mass is 32.1.